The molecule has 1 aromatic rings. The highest BCUT2D eigenvalue weighted by molar-refractivity contribution is 5.78. The molecule has 0 saturated carbocycles. The molecule has 1 aromatic heterocycles. The molecule has 2 aliphatic rings. The fourth-order valence-corrected chi connectivity index (χ4v) is 3.96. The van der Waals surface area contributed by atoms with Gasteiger partial charge in [0.1, 0.15) is 0 Å². The fourth-order valence-electron chi connectivity index (χ4n) is 3.96. The molecule has 0 aromatic carbocycles. The zero-order chi connectivity index (χ0) is 16.9. The van der Waals surface area contributed by atoms with Crippen LogP contribution in [0, 0.1) is 5.92 Å². The molecule has 2 saturated heterocycles. The minimum Gasteiger partial charge on any atom is -0.373 e. The third kappa shape index (κ3) is 4.80. The second kappa shape index (κ2) is 8.12. The van der Waals surface area contributed by atoms with Crippen LogP contribution in [0.5, 0.6) is 0 Å². The van der Waals surface area contributed by atoms with E-state index < -0.39 is 0 Å². The number of nitrogens with zero attached hydrogens (tertiary/aromatic N) is 3. The number of hydrogen-bond donors (Lipinski definition) is 1. The lowest BCUT2D eigenvalue weighted by Gasteiger charge is -2.37. The summed E-state index contributed by atoms with van der Waals surface area (Å²) in [7, 11) is 0. The smallest absolute Gasteiger partial charge is 0.228 e. The predicted molar refractivity (Wildman–Crippen MR) is 92.7 cm³/mol. The van der Waals surface area contributed by atoms with Crippen LogP contribution in [0.3, 0.4) is 0 Å². The van der Waals surface area contributed by atoms with Gasteiger partial charge in [-0.1, -0.05) is 0 Å². The number of aromatic nitrogens is 2. The van der Waals surface area contributed by atoms with Gasteiger partial charge in [-0.15, -0.1) is 0 Å². The molecule has 1 amide bonds. The van der Waals surface area contributed by atoms with Crippen LogP contribution in [0.15, 0.2) is 12.3 Å². The maximum absolute atomic E-state index is 12.3. The maximum Gasteiger partial charge on any atom is 0.228 e. The minimum atomic E-state index is 0.216. The molecule has 6 heteroatoms. The van der Waals surface area contributed by atoms with Gasteiger partial charge in [-0.25, -0.2) is 0 Å². The first kappa shape index (κ1) is 17.4. The summed E-state index contributed by atoms with van der Waals surface area (Å²) >= 11 is 0. The van der Waals surface area contributed by atoms with Gasteiger partial charge in [0.15, 0.2) is 0 Å². The summed E-state index contributed by atoms with van der Waals surface area (Å²) in [5, 5.41) is 6.77. The Labute approximate surface area is 144 Å². The highest BCUT2D eigenvalue weighted by atomic mass is 16.5. The van der Waals surface area contributed by atoms with Crippen LogP contribution in [-0.2, 0) is 16.0 Å². The minimum absolute atomic E-state index is 0.216. The lowest BCUT2D eigenvalue weighted by atomic mass is 9.93. The molecular weight excluding hydrogens is 304 g/mol. The van der Waals surface area contributed by atoms with Crippen molar-refractivity contribution in [2.75, 3.05) is 32.7 Å². The molecule has 0 radical (unpaired) electrons. The molecular formula is C18H30N4O2. The van der Waals surface area contributed by atoms with Crippen LogP contribution in [-0.4, -0.2) is 70.8 Å². The molecule has 0 spiro atoms. The SMILES string of the molecule is C[C@H]1CN(CCC2CCN(C(=O)Cc3ccn[nH]3)CC2)C[C@H](C)O1. The Bertz CT molecular complexity index is 501. The van der Waals surface area contributed by atoms with Gasteiger partial charge in [-0.3, -0.25) is 14.8 Å². The summed E-state index contributed by atoms with van der Waals surface area (Å²) in [6.07, 6.45) is 6.32. The largest absolute Gasteiger partial charge is 0.373 e. The van der Waals surface area contributed by atoms with Crippen molar-refractivity contribution >= 4 is 5.91 Å². The zero-order valence-electron chi connectivity index (χ0n) is 14.9. The second-order valence-corrected chi connectivity index (χ2v) is 7.39. The average molecular weight is 334 g/mol. The molecule has 134 valence electrons. The highest BCUT2D eigenvalue weighted by Gasteiger charge is 2.25. The van der Waals surface area contributed by atoms with Crippen molar-refractivity contribution in [1.29, 1.82) is 0 Å². The molecule has 24 heavy (non-hydrogen) atoms. The van der Waals surface area contributed by atoms with Crippen molar-refractivity contribution in [2.45, 2.75) is 51.7 Å². The number of amides is 1. The Hall–Kier alpha value is -1.40. The number of carbonyl (C=O) groups is 1. The maximum atomic E-state index is 12.3. The number of piperidine rings is 1. The first-order valence-electron chi connectivity index (χ1n) is 9.24. The van der Waals surface area contributed by atoms with Gasteiger partial charge in [-0.05, 0) is 51.6 Å². The number of morpholine rings is 1. The lowest BCUT2D eigenvalue weighted by Crippen LogP contribution is -2.46. The molecule has 0 aliphatic carbocycles. The van der Waals surface area contributed by atoms with E-state index in [4.69, 9.17) is 4.74 Å². The average Bonchev–Trinajstić information content (AvgIpc) is 3.05. The standard InChI is InChI=1S/C18H30N4O2/c1-14-12-21(13-15(2)24-14)8-4-16-5-9-22(10-6-16)18(23)11-17-3-7-19-20-17/h3,7,14-16H,4-6,8-13H2,1-2H3,(H,19,20)/t14-,15-/m0/s1. The topological polar surface area (TPSA) is 61.5 Å². The van der Waals surface area contributed by atoms with E-state index >= 15 is 0 Å². The number of aromatic amines is 1. The molecule has 2 atom stereocenters. The Morgan fingerprint density at radius 1 is 1.29 bits per heavy atom. The van der Waals surface area contributed by atoms with E-state index in [1.54, 1.807) is 6.20 Å². The number of carbonyl (C=O) groups excluding carboxylic acids is 1. The Morgan fingerprint density at radius 3 is 2.62 bits per heavy atom. The quantitative estimate of drug-likeness (QED) is 0.890. The molecule has 0 bridgehead atoms. The van der Waals surface area contributed by atoms with Crippen LogP contribution in [0.4, 0.5) is 0 Å². The third-order valence-corrected chi connectivity index (χ3v) is 5.22. The molecule has 3 rings (SSSR count). The Kier molecular flexibility index (Phi) is 5.89. The zero-order valence-corrected chi connectivity index (χ0v) is 14.9. The van der Waals surface area contributed by atoms with Gasteiger partial charge in [0.05, 0.1) is 18.6 Å². The number of ether oxygens (including phenoxy) is 1. The number of hydrogen-bond acceptors (Lipinski definition) is 4. The van der Waals surface area contributed by atoms with Gasteiger partial charge in [-0.2, -0.15) is 5.10 Å². The number of rotatable bonds is 5. The first-order chi connectivity index (χ1) is 11.6. The summed E-state index contributed by atoms with van der Waals surface area (Å²) in [4.78, 5) is 16.9. The van der Waals surface area contributed by atoms with E-state index in [9.17, 15) is 4.79 Å². The summed E-state index contributed by atoms with van der Waals surface area (Å²) < 4.78 is 5.80. The molecule has 2 aliphatic heterocycles. The Morgan fingerprint density at radius 2 is 2.00 bits per heavy atom. The first-order valence-corrected chi connectivity index (χ1v) is 9.24. The van der Waals surface area contributed by atoms with Crippen molar-refractivity contribution in [2.24, 2.45) is 5.92 Å². The van der Waals surface area contributed by atoms with E-state index in [2.05, 4.69) is 28.9 Å². The van der Waals surface area contributed by atoms with Crippen molar-refractivity contribution in [3.63, 3.8) is 0 Å². The molecule has 1 N–H and O–H groups in total. The van der Waals surface area contributed by atoms with Gasteiger partial charge < -0.3 is 9.64 Å². The lowest BCUT2D eigenvalue weighted by molar-refractivity contribution is -0.132. The Balaban J connectivity index is 1.37. The van der Waals surface area contributed by atoms with Crippen molar-refractivity contribution in [3.8, 4) is 0 Å². The van der Waals surface area contributed by atoms with Gasteiger partial charge >= 0.3 is 0 Å². The van der Waals surface area contributed by atoms with Crippen LogP contribution in [0.25, 0.3) is 0 Å². The van der Waals surface area contributed by atoms with E-state index in [1.165, 1.54) is 6.42 Å². The monoisotopic (exact) mass is 334 g/mol. The van der Waals surface area contributed by atoms with Crippen LogP contribution >= 0.6 is 0 Å². The van der Waals surface area contributed by atoms with Crippen molar-refractivity contribution in [1.82, 2.24) is 20.0 Å². The van der Waals surface area contributed by atoms with Crippen LogP contribution in [0.1, 0.15) is 38.8 Å². The number of H-pyrrole nitrogens is 1. The second-order valence-electron chi connectivity index (χ2n) is 7.39. The molecule has 6 nitrogen and oxygen atoms in total. The van der Waals surface area contributed by atoms with Gasteiger partial charge in [0.2, 0.25) is 5.91 Å². The number of nitrogens with one attached hydrogen (secondary N) is 1. The van der Waals surface area contributed by atoms with Crippen LogP contribution < -0.4 is 0 Å². The summed E-state index contributed by atoms with van der Waals surface area (Å²) in [6, 6.07) is 1.87. The number of likely N-dealkylation sites (tertiary alicyclic amines) is 1. The summed E-state index contributed by atoms with van der Waals surface area (Å²) in [5.41, 5.74) is 0.901. The summed E-state index contributed by atoms with van der Waals surface area (Å²) in [5.74, 6) is 0.961. The third-order valence-electron chi connectivity index (χ3n) is 5.22. The van der Waals surface area contributed by atoms with E-state index in [0.29, 0.717) is 18.6 Å². The van der Waals surface area contributed by atoms with Crippen molar-refractivity contribution < 1.29 is 9.53 Å². The highest BCUT2D eigenvalue weighted by Crippen LogP contribution is 2.22. The normalized spacial score (nSPS) is 26.7. The predicted octanol–water partition coefficient (Wildman–Crippen LogP) is 1.69. The molecule has 3 heterocycles. The molecule has 0 unspecified atom stereocenters. The molecule has 2 fully saturated rings. The van der Waals surface area contributed by atoms with E-state index in [0.717, 1.165) is 57.2 Å². The fraction of sp³-hybridized carbons (Fsp3) is 0.778. The van der Waals surface area contributed by atoms with Crippen molar-refractivity contribution in [3.05, 3.63) is 18.0 Å². The van der Waals surface area contributed by atoms with Gasteiger partial charge in [0.25, 0.3) is 0 Å². The van der Waals surface area contributed by atoms with Gasteiger partial charge in [0, 0.05) is 38.1 Å². The van der Waals surface area contributed by atoms with E-state index in [-0.39, 0.29) is 5.91 Å². The van der Waals surface area contributed by atoms with Crippen LogP contribution in [0.2, 0.25) is 0 Å². The summed E-state index contributed by atoms with van der Waals surface area (Å²) in [6.45, 7) is 9.36. The van der Waals surface area contributed by atoms with E-state index in [1.807, 2.05) is 11.0 Å².